The van der Waals surface area contributed by atoms with Crippen molar-refractivity contribution in [3.63, 3.8) is 0 Å². The maximum Gasteiger partial charge on any atom is 0.203 e. The second kappa shape index (κ2) is 7.79. The number of para-hydroxylation sites is 1. The van der Waals surface area contributed by atoms with Crippen molar-refractivity contribution in [3.8, 4) is 17.2 Å². The Morgan fingerprint density at radius 2 is 1.83 bits per heavy atom. The first-order chi connectivity index (χ1) is 8.72. The van der Waals surface area contributed by atoms with E-state index in [1.807, 2.05) is 25.1 Å². The highest BCUT2D eigenvalue weighted by atomic mass is 16.5. The van der Waals surface area contributed by atoms with Gasteiger partial charge in [0.1, 0.15) is 6.61 Å². The number of benzene rings is 1. The Morgan fingerprint density at radius 1 is 1.11 bits per heavy atom. The maximum atomic E-state index is 5.59. The molecule has 1 unspecified atom stereocenters. The van der Waals surface area contributed by atoms with E-state index in [9.17, 15) is 0 Å². The molecule has 102 valence electrons. The second-order valence-electron chi connectivity index (χ2n) is 3.76. The average Bonchev–Trinajstić information content (AvgIpc) is 2.42. The molecule has 1 rings (SSSR count). The predicted molar refractivity (Wildman–Crippen MR) is 69.5 cm³/mol. The van der Waals surface area contributed by atoms with E-state index in [1.54, 1.807) is 14.2 Å². The quantitative estimate of drug-likeness (QED) is 0.712. The summed E-state index contributed by atoms with van der Waals surface area (Å²) in [4.78, 5) is 0. The van der Waals surface area contributed by atoms with Gasteiger partial charge in [-0.15, -0.1) is 0 Å². The molecular formula is C13H21NO4. The summed E-state index contributed by atoms with van der Waals surface area (Å²) in [6.07, 6.45) is 0.0424. The molecule has 18 heavy (non-hydrogen) atoms. The number of ether oxygens (including phenoxy) is 4. The molecule has 0 aliphatic carbocycles. The van der Waals surface area contributed by atoms with Gasteiger partial charge in [0.25, 0.3) is 0 Å². The van der Waals surface area contributed by atoms with Crippen molar-refractivity contribution in [3.05, 3.63) is 18.2 Å². The van der Waals surface area contributed by atoms with Crippen LogP contribution in [0.4, 0.5) is 0 Å². The third-order valence-electron chi connectivity index (χ3n) is 2.44. The Balaban J connectivity index is 2.51. The minimum Gasteiger partial charge on any atom is -0.493 e. The normalized spacial score (nSPS) is 12.0. The molecule has 0 heterocycles. The fraction of sp³-hybridized carbons (Fsp3) is 0.538. The van der Waals surface area contributed by atoms with Crippen LogP contribution in [0.3, 0.4) is 0 Å². The fourth-order valence-corrected chi connectivity index (χ4v) is 1.44. The third kappa shape index (κ3) is 4.09. The first-order valence-corrected chi connectivity index (χ1v) is 5.88. The van der Waals surface area contributed by atoms with Crippen LogP contribution in [-0.4, -0.2) is 40.1 Å². The number of rotatable bonds is 8. The molecule has 1 aromatic carbocycles. The van der Waals surface area contributed by atoms with Gasteiger partial charge in [0.15, 0.2) is 11.5 Å². The lowest BCUT2D eigenvalue weighted by Crippen LogP contribution is -2.22. The van der Waals surface area contributed by atoms with Gasteiger partial charge in [-0.1, -0.05) is 6.07 Å². The minimum atomic E-state index is 0.0424. The first kappa shape index (κ1) is 14.6. The van der Waals surface area contributed by atoms with Crippen LogP contribution in [0, 0.1) is 0 Å². The van der Waals surface area contributed by atoms with Crippen LogP contribution in [-0.2, 0) is 4.74 Å². The van der Waals surface area contributed by atoms with Crippen LogP contribution >= 0.6 is 0 Å². The van der Waals surface area contributed by atoms with Crippen molar-refractivity contribution in [1.29, 1.82) is 0 Å². The second-order valence-corrected chi connectivity index (χ2v) is 3.76. The Hall–Kier alpha value is -1.46. The van der Waals surface area contributed by atoms with Crippen molar-refractivity contribution < 1.29 is 18.9 Å². The molecule has 0 bridgehead atoms. The van der Waals surface area contributed by atoms with Crippen LogP contribution in [0.15, 0.2) is 18.2 Å². The SMILES string of the molecule is COc1cccc(OCCOC(C)CN)c1OC. The summed E-state index contributed by atoms with van der Waals surface area (Å²) in [6.45, 7) is 3.35. The Labute approximate surface area is 108 Å². The van der Waals surface area contributed by atoms with E-state index < -0.39 is 0 Å². The number of hydrogen-bond donors (Lipinski definition) is 1. The van der Waals surface area contributed by atoms with Crippen molar-refractivity contribution in [2.75, 3.05) is 34.0 Å². The van der Waals surface area contributed by atoms with Gasteiger partial charge < -0.3 is 24.7 Å². The summed E-state index contributed by atoms with van der Waals surface area (Å²) >= 11 is 0. The Bertz CT molecular complexity index is 357. The minimum absolute atomic E-state index is 0.0424. The summed E-state index contributed by atoms with van der Waals surface area (Å²) in [6, 6.07) is 5.49. The smallest absolute Gasteiger partial charge is 0.203 e. The van der Waals surface area contributed by atoms with Crippen LogP contribution in [0.1, 0.15) is 6.92 Å². The monoisotopic (exact) mass is 255 g/mol. The largest absolute Gasteiger partial charge is 0.493 e. The van der Waals surface area contributed by atoms with E-state index in [-0.39, 0.29) is 6.10 Å². The molecule has 0 aromatic heterocycles. The fourth-order valence-electron chi connectivity index (χ4n) is 1.44. The summed E-state index contributed by atoms with van der Waals surface area (Å²) < 4.78 is 21.5. The summed E-state index contributed by atoms with van der Waals surface area (Å²) in [7, 11) is 3.17. The third-order valence-corrected chi connectivity index (χ3v) is 2.44. The number of nitrogens with two attached hydrogens (primary N) is 1. The molecule has 0 aliphatic rings. The predicted octanol–water partition coefficient (Wildman–Crippen LogP) is 1.45. The van der Waals surface area contributed by atoms with Gasteiger partial charge in [-0.3, -0.25) is 0 Å². The topological polar surface area (TPSA) is 62.9 Å². The molecule has 0 radical (unpaired) electrons. The Morgan fingerprint density at radius 3 is 2.44 bits per heavy atom. The zero-order chi connectivity index (χ0) is 13.4. The maximum absolute atomic E-state index is 5.59. The van der Waals surface area contributed by atoms with Crippen molar-refractivity contribution in [2.24, 2.45) is 5.73 Å². The van der Waals surface area contributed by atoms with Crippen molar-refractivity contribution in [2.45, 2.75) is 13.0 Å². The lowest BCUT2D eigenvalue weighted by atomic mass is 10.3. The molecule has 2 N–H and O–H groups in total. The first-order valence-electron chi connectivity index (χ1n) is 5.88. The van der Waals surface area contributed by atoms with Gasteiger partial charge in [0.2, 0.25) is 5.75 Å². The number of hydrogen-bond acceptors (Lipinski definition) is 5. The molecule has 0 fully saturated rings. The van der Waals surface area contributed by atoms with Crippen LogP contribution < -0.4 is 19.9 Å². The summed E-state index contributed by atoms with van der Waals surface area (Å²) in [5.74, 6) is 1.87. The molecule has 1 atom stereocenters. The average molecular weight is 255 g/mol. The molecule has 5 nitrogen and oxygen atoms in total. The highest BCUT2D eigenvalue weighted by Gasteiger charge is 2.10. The molecule has 0 spiro atoms. The van der Waals surface area contributed by atoms with Gasteiger partial charge in [0, 0.05) is 6.54 Å². The van der Waals surface area contributed by atoms with Gasteiger partial charge in [0.05, 0.1) is 26.9 Å². The summed E-state index contributed by atoms with van der Waals surface area (Å²) in [5.41, 5.74) is 5.45. The molecule has 0 saturated heterocycles. The van der Waals surface area contributed by atoms with Gasteiger partial charge in [-0.2, -0.15) is 0 Å². The summed E-state index contributed by atoms with van der Waals surface area (Å²) in [5, 5.41) is 0. The van der Waals surface area contributed by atoms with E-state index >= 15 is 0 Å². The molecule has 5 heteroatoms. The van der Waals surface area contributed by atoms with Crippen molar-refractivity contribution in [1.82, 2.24) is 0 Å². The van der Waals surface area contributed by atoms with Gasteiger partial charge >= 0.3 is 0 Å². The van der Waals surface area contributed by atoms with E-state index in [4.69, 9.17) is 24.7 Å². The van der Waals surface area contributed by atoms with E-state index in [0.29, 0.717) is 37.0 Å². The van der Waals surface area contributed by atoms with Crippen molar-refractivity contribution >= 4 is 0 Å². The van der Waals surface area contributed by atoms with E-state index in [0.717, 1.165) is 0 Å². The van der Waals surface area contributed by atoms with E-state index in [1.165, 1.54) is 0 Å². The highest BCUT2D eigenvalue weighted by molar-refractivity contribution is 5.50. The molecule has 0 saturated carbocycles. The molecular weight excluding hydrogens is 234 g/mol. The molecule has 1 aromatic rings. The van der Waals surface area contributed by atoms with Gasteiger partial charge in [-0.25, -0.2) is 0 Å². The lowest BCUT2D eigenvalue weighted by molar-refractivity contribution is 0.0490. The van der Waals surface area contributed by atoms with Gasteiger partial charge in [-0.05, 0) is 19.1 Å². The Kier molecular flexibility index (Phi) is 6.32. The van der Waals surface area contributed by atoms with E-state index in [2.05, 4.69) is 0 Å². The molecule has 0 amide bonds. The zero-order valence-electron chi connectivity index (χ0n) is 11.1. The zero-order valence-corrected chi connectivity index (χ0v) is 11.1. The highest BCUT2D eigenvalue weighted by Crippen LogP contribution is 2.36. The van der Waals surface area contributed by atoms with Crippen LogP contribution in [0.5, 0.6) is 17.2 Å². The number of methoxy groups -OCH3 is 2. The molecule has 0 aliphatic heterocycles. The van der Waals surface area contributed by atoms with Crippen LogP contribution in [0.2, 0.25) is 0 Å². The standard InChI is InChI=1S/C13H21NO4/c1-10(9-14)17-7-8-18-12-6-4-5-11(15-2)13(12)16-3/h4-6,10H,7-9,14H2,1-3H3. The van der Waals surface area contributed by atoms with Crippen LogP contribution in [0.25, 0.3) is 0 Å². The lowest BCUT2D eigenvalue weighted by Gasteiger charge is -2.14.